The number of aliphatic carboxylic acids is 1. The Balaban J connectivity index is 2.60. The van der Waals surface area contributed by atoms with Crippen LogP contribution in [0.15, 0.2) is 23.4 Å². The van der Waals surface area contributed by atoms with E-state index in [0.29, 0.717) is 0 Å². The van der Waals surface area contributed by atoms with Gasteiger partial charge in [0.1, 0.15) is 11.6 Å². The van der Waals surface area contributed by atoms with Crippen LogP contribution in [0.5, 0.6) is 0 Å². The van der Waals surface area contributed by atoms with Gasteiger partial charge in [0, 0.05) is 11.6 Å². The minimum absolute atomic E-state index is 0.151. The highest BCUT2D eigenvalue weighted by molar-refractivity contribution is 5.79. The van der Waals surface area contributed by atoms with Crippen LogP contribution in [0.3, 0.4) is 0 Å². The quantitative estimate of drug-likeness (QED) is 0.610. The van der Waals surface area contributed by atoms with Gasteiger partial charge in [-0.3, -0.25) is 0 Å². The maximum atomic E-state index is 12.6. The molecule has 1 N–H and O–H groups in total. The largest absolute Gasteiger partial charge is 0.479 e. The number of benzene rings is 1. The summed E-state index contributed by atoms with van der Waals surface area (Å²) >= 11 is 0. The normalized spacial score (nSPS) is 10.5. The Bertz CT molecular complexity index is 373. The Hall–Kier alpha value is -1.98. The molecule has 0 saturated heterocycles. The minimum atomic E-state index is -1.18. The van der Waals surface area contributed by atoms with Crippen LogP contribution >= 0.6 is 0 Å². The fraction of sp³-hybridized carbons (Fsp3) is 0.111. The van der Waals surface area contributed by atoms with E-state index in [9.17, 15) is 13.6 Å². The molecule has 0 amide bonds. The zero-order chi connectivity index (χ0) is 11.3. The van der Waals surface area contributed by atoms with Crippen LogP contribution in [0.2, 0.25) is 0 Å². The van der Waals surface area contributed by atoms with Gasteiger partial charge in [0.15, 0.2) is 0 Å². The van der Waals surface area contributed by atoms with Crippen LogP contribution in [-0.4, -0.2) is 23.9 Å². The molecule has 0 radical (unpaired) electrons. The molecular formula is C9H7F2NO3. The van der Waals surface area contributed by atoms with E-state index >= 15 is 0 Å². The molecule has 0 bridgehead atoms. The molecule has 1 aromatic carbocycles. The zero-order valence-corrected chi connectivity index (χ0v) is 7.48. The highest BCUT2D eigenvalue weighted by atomic mass is 19.1. The van der Waals surface area contributed by atoms with Crippen LogP contribution in [0.4, 0.5) is 8.78 Å². The van der Waals surface area contributed by atoms with Crippen molar-refractivity contribution in [3.05, 3.63) is 35.4 Å². The molecule has 0 aliphatic heterocycles. The molecule has 1 aromatic rings. The lowest BCUT2D eigenvalue weighted by molar-refractivity contribution is -0.142. The Morgan fingerprint density at radius 2 is 2.00 bits per heavy atom. The molecule has 80 valence electrons. The second-order valence-electron chi connectivity index (χ2n) is 2.60. The molecule has 0 heterocycles. The van der Waals surface area contributed by atoms with Crippen LogP contribution in [0.1, 0.15) is 5.56 Å². The molecular weight excluding hydrogens is 208 g/mol. The van der Waals surface area contributed by atoms with Crippen molar-refractivity contribution >= 4 is 12.2 Å². The molecule has 15 heavy (non-hydrogen) atoms. The van der Waals surface area contributed by atoms with Crippen molar-refractivity contribution in [3.8, 4) is 0 Å². The van der Waals surface area contributed by atoms with Crippen molar-refractivity contribution in [2.45, 2.75) is 0 Å². The van der Waals surface area contributed by atoms with E-state index in [2.05, 4.69) is 9.99 Å². The molecule has 0 spiro atoms. The third-order valence-corrected chi connectivity index (χ3v) is 1.35. The maximum absolute atomic E-state index is 12.6. The van der Waals surface area contributed by atoms with Gasteiger partial charge >= 0.3 is 5.97 Å². The summed E-state index contributed by atoms with van der Waals surface area (Å²) in [5.41, 5.74) is 0.151. The lowest BCUT2D eigenvalue weighted by Gasteiger charge is -1.95. The van der Waals surface area contributed by atoms with Gasteiger partial charge in [-0.25, -0.2) is 13.6 Å². The number of oxime groups is 1. The number of rotatable bonds is 4. The first-order chi connectivity index (χ1) is 7.08. The minimum Gasteiger partial charge on any atom is -0.479 e. The van der Waals surface area contributed by atoms with E-state index in [0.717, 1.165) is 24.4 Å². The zero-order valence-electron chi connectivity index (χ0n) is 7.48. The van der Waals surface area contributed by atoms with E-state index < -0.39 is 24.2 Å². The monoisotopic (exact) mass is 215 g/mol. The number of carboxylic acid groups (broad SMARTS) is 1. The first-order valence-electron chi connectivity index (χ1n) is 3.91. The molecule has 0 atom stereocenters. The van der Waals surface area contributed by atoms with Crippen LogP contribution in [0.25, 0.3) is 0 Å². The van der Waals surface area contributed by atoms with E-state index in [1.54, 1.807) is 0 Å². The average molecular weight is 215 g/mol. The van der Waals surface area contributed by atoms with Crippen LogP contribution in [-0.2, 0) is 9.63 Å². The van der Waals surface area contributed by atoms with Crippen molar-refractivity contribution < 1.29 is 23.5 Å². The summed E-state index contributed by atoms with van der Waals surface area (Å²) in [6.45, 7) is -0.603. The molecule has 0 saturated carbocycles. The van der Waals surface area contributed by atoms with Crippen molar-refractivity contribution in [1.29, 1.82) is 0 Å². The van der Waals surface area contributed by atoms with E-state index in [4.69, 9.17) is 5.11 Å². The predicted molar refractivity (Wildman–Crippen MR) is 47.5 cm³/mol. The van der Waals surface area contributed by atoms with Gasteiger partial charge < -0.3 is 9.94 Å². The molecule has 1 rings (SSSR count). The van der Waals surface area contributed by atoms with E-state index in [1.807, 2.05) is 0 Å². The lowest BCUT2D eigenvalue weighted by Crippen LogP contribution is -2.03. The molecule has 0 aromatic heterocycles. The van der Waals surface area contributed by atoms with Crippen molar-refractivity contribution in [3.63, 3.8) is 0 Å². The third kappa shape index (κ3) is 4.17. The SMILES string of the molecule is O=C(O)CO/N=C/c1cc(F)cc(F)c1. The van der Waals surface area contributed by atoms with Crippen molar-refractivity contribution in [2.24, 2.45) is 5.16 Å². The third-order valence-electron chi connectivity index (χ3n) is 1.35. The van der Waals surface area contributed by atoms with Crippen LogP contribution in [0, 0.1) is 11.6 Å². The summed E-state index contributed by atoms with van der Waals surface area (Å²) in [4.78, 5) is 14.3. The van der Waals surface area contributed by atoms with Gasteiger partial charge in [0.05, 0.1) is 6.21 Å². The van der Waals surface area contributed by atoms with Gasteiger partial charge in [0.2, 0.25) is 6.61 Å². The smallest absolute Gasteiger partial charge is 0.344 e. The van der Waals surface area contributed by atoms with Gasteiger partial charge in [-0.1, -0.05) is 5.16 Å². The maximum Gasteiger partial charge on any atom is 0.344 e. The van der Waals surface area contributed by atoms with Gasteiger partial charge in [0.25, 0.3) is 0 Å². The van der Waals surface area contributed by atoms with Gasteiger partial charge in [-0.05, 0) is 12.1 Å². The predicted octanol–water partition coefficient (Wildman–Crippen LogP) is 1.40. The molecule has 0 aliphatic carbocycles. The number of nitrogens with zero attached hydrogens (tertiary/aromatic N) is 1. The number of hydrogen-bond donors (Lipinski definition) is 1. The molecule has 6 heteroatoms. The number of halogens is 2. The Labute approximate surface area is 83.8 Å². The molecule has 0 fully saturated rings. The first kappa shape index (κ1) is 11.1. The second kappa shape index (κ2) is 5.04. The standard InChI is InChI=1S/C9H7F2NO3/c10-7-1-6(2-8(11)3-7)4-12-15-5-9(13)14/h1-4H,5H2,(H,13,14)/b12-4+. The number of carbonyl (C=O) groups is 1. The van der Waals surface area contributed by atoms with Gasteiger partial charge in [-0.2, -0.15) is 0 Å². The Morgan fingerprint density at radius 3 is 2.53 bits per heavy atom. The highest BCUT2D eigenvalue weighted by Crippen LogP contribution is 2.05. The molecule has 4 nitrogen and oxygen atoms in total. The number of hydrogen-bond acceptors (Lipinski definition) is 3. The summed E-state index contributed by atoms with van der Waals surface area (Å²) in [5, 5.41) is 11.4. The average Bonchev–Trinajstić information content (AvgIpc) is 2.10. The summed E-state index contributed by atoms with van der Waals surface area (Å²) < 4.78 is 25.3. The van der Waals surface area contributed by atoms with E-state index in [-0.39, 0.29) is 5.56 Å². The Morgan fingerprint density at radius 1 is 1.40 bits per heavy atom. The van der Waals surface area contributed by atoms with E-state index in [1.165, 1.54) is 0 Å². The van der Waals surface area contributed by atoms with Crippen molar-refractivity contribution in [2.75, 3.05) is 6.61 Å². The number of carboxylic acids is 1. The molecule has 0 aliphatic rings. The summed E-state index contributed by atoms with van der Waals surface area (Å²) in [7, 11) is 0. The highest BCUT2D eigenvalue weighted by Gasteiger charge is 1.98. The Kier molecular flexibility index (Phi) is 3.73. The fourth-order valence-corrected chi connectivity index (χ4v) is 0.840. The first-order valence-corrected chi connectivity index (χ1v) is 3.91. The van der Waals surface area contributed by atoms with Gasteiger partial charge in [-0.15, -0.1) is 0 Å². The van der Waals surface area contributed by atoms with Crippen LogP contribution < -0.4 is 0 Å². The summed E-state index contributed by atoms with van der Waals surface area (Å²) in [6, 6.07) is 2.79. The topological polar surface area (TPSA) is 58.9 Å². The molecule has 0 unspecified atom stereocenters. The fourth-order valence-electron chi connectivity index (χ4n) is 0.840. The van der Waals surface area contributed by atoms with Crippen molar-refractivity contribution in [1.82, 2.24) is 0 Å². The summed E-state index contributed by atoms with van der Waals surface area (Å²) in [6.07, 6.45) is 1.02. The lowest BCUT2D eigenvalue weighted by atomic mass is 10.2. The summed E-state index contributed by atoms with van der Waals surface area (Å²) in [5.74, 6) is -2.66. The second-order valence-corrected chi connectivity index (χ2v) is 2.60.